The molecule has 9 heteroatoms. The number of carbonyl (C=O) groups is 1. The van der Waals surface area contributed by atoms with E-state index in [4.69, 9.17) is 37.8 Å². The Hall–Kier alpha value is -3.42. The molecule has 0 spiro atoms. The maximum absolute atomic E-state index is 12.0. The first-order valence-electron chi connectivity index (χ1n) is 11.4. The van der Waals surface area contributed by atoms with Gasteiger partial charge in [0.1, 0.15) is 11.4 Å². The van der Waals surface area contributed by atoms with Gasteiger partial charge in [-0.05, 0) is 56.2 Å². The van der Waals surface area contributed by atoms with Crippen molar-refractivity contribution in [2.45, 2.75) is 39.5 Å². The Labute approximate surface area is 220 Å². The minimum Gasteiger partial charge on any atom is -0.496 e. The molecule has 0 radical (unpaired) electrons. The summed E-state index contributed by atoms with van der Waals surface area (Å²) in [5.41, 5.74) is 2.98. The Morgan fingerprint density at radius 3 is 2.50 bits per heavy atom. The number of hydrogen-bond acceptors (Lipinski definition) is 5. The number of ether oxygens (including phenoxy) is 2. The summed E-state index contributed by atoms with van der Waals surface area (Å²) in [5, 5.41) is 12.7. The van der Waals surface area contributed by atoms with E-state index in [0.717, 1.165) is 22.0 Å². The average Bonchev–Trinajstić information content (AvgIpc) is 3.17. The van der Waals surface area contributed by atoms with Crippen molar-refractivity contribution in [1.82, 2.24) is 15.1 Å². The van der Waals surface area contributed by atoms with Gasteiger partial charge in [0.25, 0.3) is 0 Å². The monoisotopic (exact) mass is 526 g/mol. The predicted molar refractivity (Wildman–Crippen MR) is 145 cm³/mol. The second kappa shape index (κ2) is 10.7. The Kier molecular flexibility index (Phi) is 7.62. The quantitative estimate of drug-likeness (QED) is 0.267. The number of nitrogens with zero attached hydrogens (tertiary/aromatic N) is 2. The van der Waals surface area contributed by atoms with Gasteiger partial charge >= 0.3 is 6.09 Å². The van der Waals surface area contributed by atoms with E-state index < -0.39 is 11.7 Å². The van der Waals surface area contributed by atoms with E-state index in [9.17, 15) is 4.79 Å². The van der Waals surface area contributed by atoms with Crippen LogP contribution in [0, 0.1) is 0 Å². The minimum absolute atomic E-state index is 0.358. The summed E-state index contributed by atoms with van der Waals surface area (Å²) < 4.78 is 12.9. The molecule has 0 saturated carbocycles. The second-order valence-electron chi connectivity index (χ2n) is 9.26. The second-order valence-corrected chi connectivity index (χ2v) is 10.0. The van der Waals surface area contributed by atoms with Crippen molar-refractivity contribution < 1.29 is 14.3 Å². The van der Waals surface area contributed by atoms with E-state index in [1.54, 1.807) is 13.2 Å². The zero-order valence-corrected chi connectivity index (χ0v) is 22.1. The largest absolute Gasteiger partial charge is 0.496 e. The van der Waals surface area contributed by atoms with Crippen LogP contribution in [0.2, 0.25) is 10.0 Å². The van der Waals surface area contributed by atoms with E-state index in [1.807, 2.05) is 80.1 Å². The molecule has 0 aliphatic rings. The molecular weight excluding hydrogens is 499 g/mol. The third-order valence-electron chi connectivity index (χ3n) is 5.32. The predicted octanol–water partition coefficient (Wildman–Crippen LogP) is 7.17. The molecule has 188 valence electrons. The van der Waals surface area contributed by atoms with Crippen LogP contribution in [0.3, 0.4) is 0 Å². The first-order valence-corrected chi connectivity index (χ1v) is 12.2. The molecule has 7 nitrogen and oxygen atoms in total. The molecule has 0 saturated heterocycles. The first kappa shape index (κ1) is 25.7. The molecule has 4 aromatic rings. The molecule has 3 aromatic carbocycles. The van der Waals surface area contributed by atoms with E-state index in [0.29, 0.717) is 40.4 Å². The van der Waals surface area contributed by atoms with Crippen LogP contribution in [0.4, 0.5) is 16.3 Å². The van der Waals surface area contributed by atoms with Gasteiger partial charge in [-0.3, -0.25) is 4.68 Å². The Balaban J connectivity index is 1.61. The fraction of sp³-hybridized carbons (Fsp3) is 0.259. The molecule has 0 fully saturated rings. The van der Waals surface area contributed by atoms with Crippen LogP contribution < -0.4 is 15.4 Å². The van der Waals surface area contributed by atoms with Crippen molar-refractivity contribution in [2.24, 2.45) is 0 Å². The summed E-state index contributed by atoms with van der Waals surface area (Å²) in [6.45, 7) is 6.37. The molecule has 0 unspecified atom stereocenters. The number of alkyl carbamates (subject to hydrolysis) is 1. The van der Waals surface area contributed by atoms with Crippen LogP contribution >= 0.6 is 23.2 Å². The van der Waals surface area contributed by atoms with Gasteiger partial charge in [0.2, 0.25) is 0 Å². The zero-order chi connectivity index (χ0) is 25.9. The maximum atomic E-state index is 12.0. The third kappa shape index (κ3) is 6.04. The molecule has 4 rings (SSSR count). The molecule has 1 heterocycles. The molecule has 2 N–H and O–H groups in total. The zero-order valence-electron chi connectivity index (χ0n) is 20.6. The van der Waals surface area contributed by atoms with Crippen molar-refractivity contribution in [1.29, 1.82) is 0 Å². The summed E-state index contributed by atoms with van der Waals surface area (Å²) in [5.74, 6) is 1.30. The van der Waals surface area contributed by atoms with Crippen LogP contribution in [0.1, 0.15) is 31.9 Å². The lowest BCUT2D eigenvalue weighted by Crippen LogP contribution is -2.32. The molecule has 0 atom stereocenters. The van der Waals surface area contributed by atoms with Crippen molar-refractivity contribution in [2.75, 3.05) is 12.4 Å². The van der Waals surface area contributed by atoms with Crippen LogP contribution in [0.25, 0.3) is 10.9 Å². The highest BCUT2D eigenvalue weighted by Crippen LogP contribution is 2.37. The number of fused-ring (bicyclic) bond motifs is 1. The Morgan fingerprint density at radius 2 is 1.75 bits per heavy atom. The fourth-order valence-corrected chi connectivity index (χ4v) is 4.15. The lowest BCUT2D eigenvalue weighted by atomic mass is 10.1. The van der Waals surface area contributed by atoms with E-state index >= 15 is 0 Å². The third-order valence-corrected chi connectivity index (χ3v) is 6.14. The van der Waals surface area contributed by atoms with Crippen LogP contribution in [-0.2, 0) is 17.8 Å². The molecule has 0 aliphatic heterocycles. The standard InChI is InChI=1S/C27H28Cl2N4O3/c1-27(2,3)36-26(34)30-15-17-8-5-9-18(14-17)16-33-21-12-7-13-22(35-4)23(21)25(32-33)31-20-11-6-10-19(28)24(20)29/h5-14H,15-16H2,1-4H3,(H,30,34)(H,31,32). The van der Waals surface area contributed by atoms with Crippen LogP contribution in [-0.4, -0.2) is 28.6 Å². The lowest BCUT2D eigenvalue weighted by Gasteiger charge is -2.19. The fourth-order valence-electron chi connectivity index (χ4n) is 3.80. The average molecular weight is 527 g/mol. The van der Waals surface area contributed by atoms with Gasteiger partial charge in [-0.25, -0.2) is 4.79 Å². The number of aromatic nitrogens is 2. The number of anilines is 2. The van der Waals surface area contributed by atoms with Crippen LogP contribution in [0.5, 0.6) is 5.75 Å². The first-order chi connectivity index (χ1) is 17.1. The highest BCUT2D eigenvalue weighted by molar-refractivity contribution is 6.43. The minimum atomic E-state index is -0.546. The van der Waals surface area contributed by atoms with E-state index in [1.165, 1.54) is 0 Å². The highest BCUT2D eigenvalue weighted by atomic mass is 35.5. The molecule has 1 aromatic heterocycles. The number of nitrogens with one attached hydrogen (secondary N) is 2. The number of amides is 1. The van der Waals surface area contributed by atoms with Crippen molar-refractivity contribution in [3.63, 3.8) is 0 Å². The van der Waals surface area contributed by atoms with Gasteiger partial charge in [0.05, 0.1) is 40.3 Å². The lowest BCUT2D eigenvalue weighted by molar-refractivity contribution is 0.0523. The van der Waals surface area contributed by atoms with Gasteiger partial charge in [-0.1, -0.05) is 59.6 Å². The number of rotatable bonds is 7. The topological polar surface area (TPSA) is 77.4 Å². The van der Waals surface area contributed by atoms with Gasteiger partial charge in [0.15, 0.2) is 5.82 Å². The summed E-state index contributed by atoms with van der Waals surface area (Å²) in [6.07, 6.45) is -0.450. The normalized spacial score (nSPS) is 11.4. The summed E-state index contributed by atoms with van der Waals surface area (Å²) in [7, 11) is 1.63. The maximum Gasteiger partial charge on any atom is 0.407 e. The number of hydrogen-bond donors (Lipinski definition) is 2. The van der Waals surface area contributed by atoms with Crippen molar-refractivity contribution in [3.05, 3.63) is 81.8 Å². The molecule has 36 heavy (non-hydrogen) atoms. The highest BCUT2D eigenvalue weighted by Gasteiger charge is 2.18. The van der Waals surface area contributed by atoms with Crippen molar-refractivity contribution in [3.8, 4) is 5.75 Å². The van der Waals surface area contributed by atoms with Gasteiger partial charge in [0, 0.05) is 6.54 Å². The van der Waals surface area contributed by atoms with Crippen LogP contribution in [0.15, 0.2) is 60.7 Å². The summed E-state index contributed by atoms with van der Waals surface area (Å²) in [4.78, 5) is 12.0. The van der Waals surface area contributed by atoms with Gasteiger partial charge in [-0.2, -0.15) is 5.10 Å². The van der Waals surface area contributed by atoms with Crippen molar-refractivity contribution >= 4 is 51.7 Å². The summed E-state index contributed by atoms with van der Waals surface area (Å²) in [6, 6.07) is 19.2. The summed E-state index contributed by atoms with van der Waals surface area (Å²) >= 11 is 12.6. The number of halogens is 2. The van der Waals surface area contributed by atoms with E-state index in [-0.39, 0.29) is 0 Å². The molecule has 0 bridgehead atoms. The number of carbonyl (C=O) groups excluding carboxylic acids is 1. The smallest absolute Gasteiger partial charge is 0.407 e. The Morgan fingerprint density at radius 1 is 1.03 bits per heavy atom. The molecule has 1 amide bonds. The van der Waals surface area contributed by atoms with Gasteiger partial charge < -0.3 is 20.1 Å². The molecular formula is C27H28Cl2N4O3. The SMILES string of the molecule is COc1cccc2c1c(Nc1cccc(Cl)c1Cl)nn2Cc1cccc(CNC(=O)OC(C)(C)C)c1. The van der Waals surface area contributed by atoms with E-state index in [2.05, 4.69) is 10.6 Å². The van der Waals surface area contributed by atoms with Gasteiger partial charge in [-0.15, -0.1) is 0 Å². The number of methoxy groups -OCH3 is 1. The molecule has 0 aliphatic carbocycles. The Bertz CT molecular complexity index is 1400. The number of benzene rings is 3.